The van der Waals surface area contributed by atoms with E-state index in [1.165, 1.54) is 12.1 Å². The predicted molar refractivity (Wildman–Crippen MR) is 102 cm³/mol. The fraction of sp³-hybridized carbons (Fsp3) is 0.333. The van der Waals surface area contributed by atoms with Gasteiger partial charge in [-0.25, -0.2) is 14.4 Å². The molecule has 1 N–H and O–H groups in total. The molecule has 0 spiro atoms. The lowest BCUT2D eigenvalue weighted by Gasteiger charge is -2.27. The first-order valence-corrected chi connectivity index (χ1v) is 9.78. The Balaban J connectivity index is 1.33. The van der Waals surface area contributed by atoms with Gasteiger partial charge >= 0.3 is 0 Å². The first-order valence-electron chi connectivity index (χ1n) is 9.78. The Bertz CT molecular complexity index is 1060. The van der Waals surface area contributed by atoms with Crippen LogP contribution in [0.4, 0.5) is 4.39 Å². The summed E-state index contributed by atoms with van der Waals surface area (Å²) < 4.78 is 19.2. The topological polar surface area (TPSA) is 84.2 Å². The fourth-order valence-corrected chi connectivity index (χ4v) is 3.91. The quantitative estimate of drug-likeness (QED) is 0.737. The zero-order chi connectivity index (χ0) is 19.8. The molecule has 29 heavy (non-hydrogen) atoms. The van der Waals surface area contributed by atoms with Crippen LogP contribution in [0.5, 0.6) is 0 Å². The minimum absolute atomic E-state index is 0.0967. The van der Waals surface area contributed by atoms with Gasteiger partial charge in [0.05, 0.1) is 11.7 Å². The van der Waals surface area contributed by atoms with E-state index in [0.29, 0.717) is 30.8 Å². The molecule has 0 radical (unpaired) electrons. The maximum Gasteiger partial charge on any atom is 0.292 e. The highest BCUT2D eigenvalue weighted by molar-refractivity contribution is 5.92. The number of carbonyl (C=O) groups is 1. The molecule has 8 heteroatoms. The average molecular weight is 393 g/mol. The molecule has 2 aromatic heterocycles. The summed E-state index contributed by atoms with van der Waals surface area (Å²) in [5.41, 5.74) is 2.55. The van der Waals surface area contributed by atoms with Crippen LogP contribution in [-0.2, 0) is 13.0 Å². The van der Waals surface area contributed by atoms with Gasteiger partial charge in [-0.3, -0.25) is 4.79 Å². The van der Waals surface area contributed by atoms with Gasteiger partial charge in [0, 0.05) is 42.9 Å². The Morgan fingerprint density at radius 3 is 3.03 bits per heavy atom. The third kappa shape index (κ3) is 3.40. The number of fused-ring (bicyclic) bond motifs is 1. The van der Waals surface area contributed by atoms with Gasteiger partial charge in [0.15, 0.2) is 0 Å². The Morgan fingerprint density at radius 1 is 1.31 bits per heavy atom. The van der Waals surface area contributed by atoms with Crippen molar-refractivity contribution in [2.75, 3.05) is 13.1 Å². The SMILES string of the molecule is O=C(c1cc(-c2ccccc2F)no1)N1CCc2nc([C@@H]3CCCN3)ncc2C1. The van der Waals surface area contributed by atoms with Crippen LogP contribution >= 0.6 is 0 Å². The lowest BCUT2D eigenvalue weighted by molar-refractivity contribution is 0.0691. The summed E-state index contributed by atoms with van der Waals surface area (Å²) >= 11 is 0. The number of rotatable bonds is 3. The number of hydrogen-bond donors (Lipinski definition) is 1. The minimum atomic E-state index is -0.406. The fourth-order valence-electron chi connectivity index (χ4n) is 3.91. The highest BCUT2D eigenvalue weighted by Crippen LogP contribution is 2.26. The van der Waals surface area contributed by atoms with Gasteiger partial charge in [0.1, 0.15) is 17.3 Å². The van der Waals surface area contributed by atoms with Crippen LogP contribution in [0.2, 0.25) is 0 Å². The van der Waals surface area contributed by atoms with E-state index < -0.39 is 5.82 Å². The van der Waals surface area contributed by atoms with Gasteiger partial charge in [0.25, 0.3) is 5.91 Å². The van der Waals surface area contributed by atoms with Gasteiger partial charge in [-0.05, 0) is 31.5 Å². The molecule has 0 bridgehead atoms. The van der Waals surface area contributed by atoms with E-state index in [1.807, 2.05) is 6.20 Å². The number of aromatic nitrogens is 3. The monoisotopic (exact) mass is 393 g/mol. The lowest BCUT2D eigenvalue weighted by Crippen LogP contribution is -2.36. The van der Waals surface area contributed by atoms with Gasteiger partial charge in [-0.15, -0.1) is 0 Å². The smallest absolute Gasteiger partial charge is 0.292 e. The van der Waals surface area contributed by atoms with Crippen LogP contribution in [0.3, 0.4) is 0 Å². The van der Waals surface area contributed by atoms with Gasteiger partial charge in [-0.2, -0.15) is 0 Å². The number of nitrogens with one attached hydrogen (secondary N) is 1. The maximum atomic E-state index is 14.0. The molecular weight excluding hydrogens is 373 g/mol. The third-order valence-electron chi connectivity index (χ3n) is 5.48. The Hall–Kier alpha value is -3.13. The number of halogens is 1. The number of amides is 1. The summed E-state index contributed by atoms with van der Waals surface area (Å²) in [6.07, 6.45) is 4.68. The van der Waals surface area contributed by atoms with Crippen molar-refractivity contribution in [3.8, 4) is 11.3 Å². The summed E-state index contributed by atoms with van der Waals surface area (Å²) in [6, 6.07) is 7.99. The molecule has 1 fully saturated rings. The maximum absolute atomic E-state index is 14.0. The molecular formula is C21H20FN5O2. The van der Waals surface area contributed by atoms with Crippen LogP contribution in [0.25, 0.3) is 11.3 Å². The van der Waals surface area contributed by atoms with Crippen molar-refractivity contribution in [2.45, 2.75) is 31.8 Å². The largest absolute Gasteiger partial charge is 0.350 e. The molecule has 7 nitrogen and oxygen atoms in total. The molecule has 5 rings (SSSR count). The molecule has 0 aliphatic carbocycles. The number of nitrogens with zero attached hydrogens (tertiary/aromatic N) is 4. The predicted octanol–water partition coefficient (Wildman–Crippen LogP) is 2.89. The van der Waals surface area contributed by atoms with Gasteiger partial charge in [-0.1, -0.05) is 17.3 Å². The number of hydrogen-bond acceptors (Lipinski definition) is 6. The first-order chi connectivity index (χ1) is 14.2. The Kier molecular flexibility index (Phi) is 4.55. The molecule has 1 aromatic carbocycles. The van der Waals surface area contributed by atoms with Crippen molar-refractivity contribution < 1.29 is 13.7 Å². The molecule has 4 heterocycles. The standard InChI is InChI=1S/C21H20FN5O2/c22-15-5-2-1-4-14(15)18-10-19(29-26-18)21(28)27-9-7-16-13(12-27)11-24-20(25-16)17-6-3-8-23-17/h1-2,4-5,10-11,17,23H,3,6-9,12H2/t17-/m0/s1. The van der Waals surface area contributed by atoms with Crippen LogP contribution in [-0.4, -0.2) is 39.0 Å². The normalized spacial score (nSPS) is 18.7. The summed E-state index contributed by atoms with van der Waals surface area (Å²) in [7, 11) is 0. The average Bonchev–Trinajstić information content (AvgIpc) is 3.45. The Labute approximate surface area is 166 Å². The van der Waals surface area contributed by atoms with E-state index in [1.54, 1.807) is 23.1 Å². The molecule has 1 atom stereocenters. The Morgan fingerprint density at radius 2 is 2.21 bits per heavy atom. The highest BCUT2D eigenvalue weighted by Gasteiger charge is 2.27. The molecule has 1 amide bonds. The van der Waals surface area contributed by atoms with Crippen LogP contribution < -0.4 is 5.32 Å². The third-order valence-corrected chi connectivity index (χ3v) is 5.48. The van der Waals surface area contributed by atoms with Crippen LogP contribution in [0.15, 0.2) is 41.1 Å². The number of benzene rings is 1. The van der Waals surface area contributed by atoms with Crippen molar-refractivity contribution >= 4 is 5.91 Å². The minimum Gasteiger partial charge on any atom is -0.350 e. The van der Waals surface area contributed by atoms with E-state index in [9.17, 15) is 9.18 Å². The van der Waals surface area contributed by atoms with Crippen molar-refractivity contribution in [1.29, 1.82) is 0 Å². The second kappa shape index (κ2) is 7.36. The summed E-state index contributed by atoms with van der Waals surface area (Å²) in [4.78, 5) is 23.8. The summed E-state index contributed by atoms with van der Waals surface area (Å²) in [5, 5.41) is 7.28. The molecule has 3 aromatic rings. The number of carbonyl (C=O) groups excluding carboxylic acids is 1. The molecule has 0 unspecified atom stereocenters. The van der Waals surface area contributed by atoms with E-state index in [0.717, 1.165) is 36.5 Å². The highest BCUT2D eigenvalue weighted by atomic mass is 19.1. The van der Waals surface area contributed by atoms with Crippen molar-refractivity contribution in [3.05, 3.63) is 65.2 Å². The molecule has 2 aliphatic rings. The molecule has 0 saturated carbocycles. The summed E-state index contributed by atoms with van der Waals surface area (Å²) in [5.74, 6) is 0.258. The zero-order valence-corrected chi connectivity index (χ0v) is 15.8. The zero-order valence-electron chi connectivity index (χ0n) is 15.8. The van der Waals surface area contributed by atoms with Crippen LogP contribution in [0, 0.1) is 5.82 Å². The molecule has 148 valence electrons. The van der Waals surface area contributed by atoms with E-state index >= 15 is 0 Å². The summed E-state index contributed by atoms with van der Waals surface area (Å²) in [6.45, 7) is 1.96. The second-order valence-corrected chi connectivity index (χ2v) is 7.38. The first kappa shape index (κ1) is 17.9. The molecule has 2 aliphatic heterocycles. The van der Waals surface area contributed by atoms with Gasteiger partial charge in [0.2, 0.25) is 5.76 Å². The van der Waals surface area contributed by atoms with Gasteiger partial charge < -0.3 is 14.7 Å². The van der Waals surface area contributed by atoms with E-state index in [2.05, 4.69) is 15.5 Å². The van der Waals surface area contributed by atoms with E-state index in [4.69, 9.17) is 9.51 Å². The second-order valence-electron chi connectivity index (χ2n) is 7.38. The molecule has 1 saturated heterocycles. The van der Waals surface area contributed by atoms with Crippen molar-refractivity contribution in [2.24, 2.45) is 0 Å². The lowest BCUT2D eigenvalue weighted by atomic mass is 10.1. The van der Waals surface area contributed by atoms with Crippen molar-refractivity contribution in [3.63, 3.8) is 0 Å². The van der Waals surface area contributed by atoms with E-state index in [-0.39, 0.29) is 17.7 Å². The van der Waals surface area contributed by atoms with Crippen LogP contribution in [0.1, 0.15) is 46.5 Å². The van der Waals surface area contributed by atoms with Crippen molar-refractivity contribution in [1.82, 2.24) is 25.3 Å².